The first-order valence-corrected chi connectivity index (χ1v) is 4.98. The number of carbonyl (C=O) groups is 1. The highest BCUT2D eigenvalue weighted by Gasteiger charge is 2.24. The Hall–Kier alpha value is -1.42. The van der Waals surface area contributed by atoms with E-state index in [2.05, 4.69) is 10.6 Å². The van der Waals surface area contributed by atoms with E-state index in [4.69, 9.17) is 0 Å². The molecule has 1 aliphatic heterocycles. The molecule has 1 fully saturated rings. The fourth-order valence-corrected chi connectivity index (χ4v) is 1.48. The molecule has 80 valence electrons. The Morgan fingerprint density at radius 3 is 2.93 bits per heavy atom. The summed E-state index contributed by atoms with van der Waals surface area (Å²) >= 11 is 0. The smallest absolute Gasteiger partial charge is 0.241 e. The van der Waals surface area contributed by atoms with Crippen molar-refractivity contribution < 1.29 is 9.18 Å². The first-order chi connectivity index (χ1) is 7.18. The molecule has 0 radical (unpaired) electrons. The summed E-state index contributed by atoms with van der Waals surface area (Å²) in [6, 6.07) is 4.56. The second-order valence-corrected chi connectivity index (χ2v) is 3.70. The van der Waals surface area contributed by atoms with Crippen molar-refractivity contribution in [3.8, 4) is 0 Å². The van der Waals surface area contributed by atoms with E-state index in [1.165, 1.54) is 6.07 Å². The highest BCUT2D eigenvalue weighted by atomic mass is 19.1. The molecule has 3 nitrogen and oxygen atoms in total. The lowest BCUT2D eigenvalue weighted by Gasteiger charge is -2.26. The number of benzene rings is 1. The number of halogens is 1. The molecule has 1 amide bonds. The Morgan fingerprint density at radius 2 is 2.33 bits per heavy atom. The zero-order chi connectivity index (χ0) is 10.8. The highest BCUT2D eigenvalue weighted by Crippen LogP contribution is 2.18. The van der Waals surface area contributed by atoms with Crippen molar-refractivity contribution in [2.24, 2.45) is 0 Å². The van der Waals surface area contributed by atoms with E-state index in [1.54, 1.807) is 19.1 Å². The fraction of sp³-hybridized carbons (Fsp3) is 0.364. The molecular formula is C11H13FN2O. The summed E-state index contributed by atoms with van der Waals surface area (Å²) in [6.07, 6.45) is 0.847. The van der Waals surface area contributed by atoms with Crippen LogP contribution >= 0.6 is 0 Å². The zero-order valence-electron chi connectivity index (χ0n) is 8.51. The first kappa shape index (κ1) is 10.1. The van der Waals surface area contributed by atoms with Crippen molar-refractivity contribution in [2.45, 2.75) is 19.4 Å². The molecule has 0 bridgehead atoms. The van der Waals surface area contributed by atoms with Crippen LogP contribution in [-0.2, 0) is 4.79 Å². The monoisotopic (exact) mass is 208 g/mol. The normalized spacial score (nSPS) is 19.5. The van der Waals surface area contributed by atoms with Gasteiger partial charge >= 0.3 is 0 Å². The average molecular weight is 208 g/mol. The largest absolute Gasteiger partial charge is 0.324 e. The highest BCUT2D eigenvalue weighted by molar-refractivity contribution is 5.96. The molecular weight excluding hydrogens is 195 g/mol. The Bertz CT molecular complexity index is 388. The molecule has 0 unspecified atom stereocenters. The summed E-state index contributed by atoms with van der Waals surface area (Å²) in [4.78, 5) is 11.6. The number of hydrogen-bond acceptors (Lipinski definition) is 2. The third kappa shape index (κ3) is 1.99. The number of hydrogen-bond donors (Lipinski definition) is 2. The van der Waals surface area contributed by atoms with E-state index in [-0.39, 0.29) is 17.8 Å². The number of anilines is 1. The summed E-state index contributed by atoms with van der Waals surface area (Å²) in [7, 11) is 0. The van der Waals surface area contributed by atoms with E-state index in [0.717, 1.165) is 13.0 Å². The van der Waals surface area contributed by atoms with E-state index in [1.807, 2.05) is 0 Å². The average Bonchev–Trinajstić information content (AvgIpc) is 2.10. The van der Waals surface area contributed by atoms with Gasteiger partial charge in [-0.15, -0.1) is 0 Å². The minimum atomic E-state index is -0.297. The molecule has 1 atom stereocenters. The maximum absolute atomic E-state index is 13.2. The molecule has 0 aromatic heterocycles. The van der Waals surface area contributed by atoms with Gasteiger partial charge in [0.25, 0.3) is 0 Å². The van der Waals surface area contributed by atoms with E-state index >= 15 is 0 Å². The van der Waals surface area contributed by atoms with Crippen molar-refractivity contribution in [2.75, 3.05) is 11.9 Å². The maximum atomic E-state index is 13.2. The second-order valence-electron chi connectivity index (χ2n) is 3.70. The quantitative estimate of drug-likeness (QED) is 0.772. The van der Waals surface area contributed by atoms with Crippen LogP contribution in [0.15, 0.2) is 18.2 Å². The molecule has 2 N–H and O–H groups in total. The Labute approximate surface area is 87.7 Å². The summed E-state index contributed by atoms with van der Waals surface area (Å²) in [6.45, 7) is 2.53. The van der Waals surface area contributed by atoms with Gasteiger partial charge in [-0.05, 0) is 32.0 Å². The molecule has 2 rings (SSSR count). The molecule has 1 heterocycles. The summed E-state index contributed by atoms with van der Waals surface area (Å²) in [5.41, 5.74) is 1.03. The maximum Gasteiger partial charge on any atom is 0.241 e. The zero-order valence-corrected chi connectivity index (χ0v) is 8.51. The van der Waals surface area contributed by atoms with Gasteiger partial charge in [-0.3, -0.25) is 4.79 Å². The van der Waals surface area contributed by atoms with Gasteiger partial charge in [0.05, 0.1) is 6.04 Å². The molecule has 15 heavy (non-hydrogen) atoms. The predicted octanol–water partition coefficient (Wildman–Crippen LogP) is 1.43. The standard InChI is InChI=1S/C11H13FN2O/c1-7-8(12)3-2-4-9(7)14-11(15)10-5-6-13-10/h2-4,10,13H,5-6H2,1H3,(H,14,15)/t10-/m1/s1. The van der Waals surface area contributed by atoms with E-state index in [9.17, 15) is 9.18 Å². The van der Waals surface area contributed by atoms with E-state index < -0.39 is 0 Å². The SMILES string of the molecule is Cc1c(F)cccc1NC(=O)[C@H]1CCN1. The molecule has 0 aliphatic carbocycles. The van der Waals surface area contributed by atoms with Crippen LogP contribution < -0.4 is 10.6 Å². The van der Waals surface area contributed by atoms with Gasteiger partial charge in [0.1, 0.15) is 5.82 Å². The van der Waals surface area contributed by atoms with Crippen molar-refractivity contribution in [3.63, 3.8) is 0 Å². The summed E-state index contributed by atoms with van der Waals surface area (Å²) in [5.74, 6) is -0.385. The lowest BCUT2D eigenvalue weighted by molar-refractivity contribution is -0.119. The molecule has 1 aromatic carbocycles. The predicted molar refractivity (Wildman–Crippen MR) is 56.2 cm³/mol. The van der Waals surface area contributed by atoms with Crippen molar-refractivity contribution in [1.29, 1.82) is 0 Å². The number of nitrogens with one attached hydrogen (secondary N) is 2. The van der Waals surface area contributed by atoms with Crippen molar-refractivity contribution in [1.82, 2.24) is 5.32 Å². The number of carbonyl (C=O) groups excluding carboxylic acids is 1. The van der Waals surface area contributed by atoms with Gasteiger partial charge < -0.3 is 10.6 Å². The third-order valence-electron chi connectivity index (χ3n) is 2.67. The molecule has 1 aliphatic rings. The summed E-state index contributed by atoms with van der Waals surface area (Å²) in [5, 5.41) is 5.71. The number of rotatable bonds is 2. The topological polar surface area (TPSA) is 41.1 Å². The molecule has 4 heteroatoms. The van der Waals surface area contributed by atoms with Crippen LogP contribution in [0, 0.1) is 12.7 Å². The molecule has 1 aromatic rings. The minimum Gasteiger partial charge on any atom is -0.324 e. The van der Waals surface area contributed by atoms with Crippen molar-refractivity contribution >= 4 is 11.6 Å². The van der Waals surface area contributed by atoms with Crippen molar-refractivity contribution in [3.05, 3.63) is 29.6 Å². The Morgan fingerprint density at radius 1 is 1.60 bits per heavy atom. The van der Waals surface area contributed by atoms with Crippen LogP contribution in [0.4, 0.5) is 10.1 Å². The van der Waals surface area contributed by atoms with Gasteiger partial charge in [0, 0.05) is 11.3 Å². The first-order valence-electron chi connectivity index (χ1n) is 4.98. The minimum absolute atomic E-state index is 0.0880. The van der Waals surface area contributed by atoms with Crippen LogP contribution in [0.3, 0.4) is 0 Å². The lowest BCUT2D eigenvalue weighted by atomic mass is 10.1. The molecule has 1 saturated heterocycles. The van der Waals surface area contributed by atoms with Crippen LogP contribution in [0.5, 0.6) is 0 Å². The summed E-state index contributed by atoms with van der Waals surface area (Å²) < 4.78 is 13.2. The van der Waals surface area contributed by atoms with Gasteiger partial charge in [0.2, 0.25) is 5.91 Å². The molecule has 0 spiro atoms. The van der Waals surface area contributed by atoms with E-state index in [0.29, 0.717) is 11.3 Å². The number of amides is 1. The van der Waals surface area contributed by atoms with Crippen LogP contribution in [0.1, 0.15) is 12.0 Å². The molecule has 0 saturated carbocycles. The Kier molecular flexibility index (Phi) is 2.68. The second kappa shape index (κ2) is 3.98. The van der Waals surface area contributed by atoms with Crippen LogP contribution in [0.2, 0.25) is 0 Å². The Balaban J connectivity index is 2.09. The van der Waals surface area contributed by atoms with Crippen LogP contribution in [0.25, 0.3) is 0 Å². The van der Waals surface area contributed by atoms with Gasteiger partial charge in [-0.1, -0.05) is 6.07 Å². The van der Waals surface area contributed by atoms with Gasteiger partial charge in [-0.2, -0.15) is 0 Å². The third-order valence-corrected chi connectivity index (χ3v) is 2.67. The van der Waals surface area contributed by atoms with Gasteiger partial charge in [-0.25, -0.2) is 4.39 Å². The fourth-order valence-electron chi connectivity index (χ4n) is 1.48. The van der Waals surface area contributed by atoms with Crippen LogP contribution in [-0.4, -0.2) is 18.5 Å². The lowest BCUT2D eigenvalue weighted by Crippen LogP contribution is -2.50. The van der Waals surface area contributed by atoms with Gasteiger partial charge in [0.15, 0.2) is 0 Å².